The molecule has 11 heavy (non-hydrogen) atoms. The highest BCUT2D eigenvalue weighted by Gasteiger charge is 1.96. The number of hydrogen-bond acceptors (Lipinski definition) is 3. The standard InChI is InChI=1S/C8H18N2O/c1-7(2)9-6-8(11-5)10(3)4/h6-7,9H,1-5H3/b8-6+. The quantitative estimate of drug-likeness (QED) is 0.617. The van der Waals surface area contributed by atoms with Crippen molar-refractivity contribution in [1.82, 2.24) is 10.2 Å². The van der Waals surface area contributed by atoms with Crippen LogP contribution >= 0.6 is 0 Å². The lowest BCUT2D eigenvalue weighted by molar-refractivity contribution is 0.191. The lowest BCUT2D eigenvalue weighted by Gasteiger charge is -2.16. The molecule has 0 aliphatic rings. The minimum atomic E-state index is 0.445. The van der Waals surface area contributed by atoms with Crippen LogP contribution in [0.4, 0.5) is 0 Å². The van der Waals surface area contributed by atoms with Crippen LogP contribution in [0.5, 0.6) is 0 Å². The van der Waals surface area contributed by atoms with Crippen LogP contribution in [0.2, 0.25) is 0 Å². The van der Waals surface area contributed by atoms with E-state index in [4.69, 9.17) is 4.74 Å². The van der Waals surface area contributed by atoms with E-state index >= 15 is 0 Å². The molecule has 0 aromatic rings. The molecular weight excluding hydrogens is 140 g/mol. The largest absolute Gasteiger partial charge is 0.481 e. The topological polar surface area (TPSA) is 24.5 Å². The molecule has 0 spiro atoms. The van der Waals surface area contributed by atoms with Crippen LogP contribution in [0.3, 0.4) is 0 Å². The van der Waals surface area contributed by atoms with Crippen LogP contribution in [-0.4, -0.2) is 32.1 Å². The summed E-state index contributed by atoms with van der Waals surface area (Å²) in [6.45, 7) is 4.17. The van der Waals surface area contributed by atoms with Crippen molar-refractivity contribution in [3.05, 3.63) is 12.1 Å². The van der Waals surface area contributed by atoms with Gasteiger partial charge in [-0.1, -0.05) is 0 Å². The maximum atomic E-state index is 5.09. The predicted octanol–water partition coefficient (Wildman–Crippen LogP) is 0.991. The van der Waals surface area contributed by atoms with E-state index in [-0.39, 0.29) is 0 Å². The molecule has 0 unspecified atom stereocenters. The lowest BCUT2D eigenvalue weighted by atomic mass is 10.4. The van der Waals surface area contributed by atoms with Gasteiger partial charge >= 0.3 is 0 Å². The SMILES string of the molecule is CO/C(=C/NC(C)C)N(C)C. The molecule has 1 N–H and O–H groups in total. The van der Waals surface area contributed by atoms with Crippen LogP contribution in [0.15, 0.2) is 12.1 Å². The van der Waals surface area contributed by atoms with Crippen LogP contribution in [0.25, 0.3) is 0 Å². The van der Waals surface area contributed by atoms with Gasteiger partial charge in [0.2, 0.25) is 5.88 Å². The first-order valence-corrected chi connectivity index (χ1v) is 3.75. The Bertz CT molecular complexity index is 130. The van der Waals surface area contributed by atoms with Gasteiger partial charge in [-0.05, 0) is 13.8 Å². The Kier molecular flexibility index (Phi) is 4.50. The molecule has 0 fully saturated rings. The molecule has 0 saturated carbocycles. The third-order valence-electron chi connectivity index (χ3n) is 1.19. The number of ether oxygens (including phenoxy) is 1. The Morgan fingerprint density at radius 1 is 1.45 bits per heavy atom. The van der Waals surface area contributed by atoms with Crippen molar-refractivity contribution < 1.29 is 4.74 Å². The van der Waals surface area contributed by atoms with Crippen LogP contribution in [0.1, 0.15) is 13.8 Å². The highest BCUT2D eigenvalue weighted by atomic mass is 16.5. The summed E-state index contributed by atoms with van der Waals surface area (Å²) in [6.07, 6.45) is 1.87. The number of nitrogens with one attached hydrogen (secondary N) is 1. The average Bonchev–Trinajstić information content (AvgIpc) is 1.87. The van der Waals surface area contributed by atoms with E-state index in [2.05, 4.69) is 19.2 Å². The molecule has 0 aromatic heterocycles. The number of nitrogens with zero attached hydrogens (tertiary/aromatic N) is 1. The van der Waals surface area contributed by atoms with Gasteiger partial charge in [-0.15, -0.1) is 0 Å². The molecule has 0 aliphatic heterocycles. The Balaban J connectivity index is 3.91. The van der Waals surface area contributed by atoms with Crippen molar-refractivity contribution in [3.8, 4) is 0 Å². The van der Waals surface area contributed by atoms with Crippen LogP contribution in [-0.2, 0) is 4.74 Å². The first-order valence-electron chi connectivity index (χ1n) is 3.75. The van der Waals surface area contributed by atoms with Crippen molar-refractivity contribution in [1.29, 1.82) is 0 Å². The summed E-state index contributed by atoms with van der Waals surface area (Å²) in [5.41, 5.74) is 0. The molecule has 3 heteroatoms. The fourth-order valence-corrected chi connectivity index (χ4v) is 0.609. The third kappa shape index (κ3) is 4.53. The minimum Gasteiger partial charge on any atom is -0.481 e. The van der Waals surface area contributed by atoms with E-state index in [1.165, 1.54) is 0 Å². The first-order chi connectivity index (χ1) is 5.07. The van der Waals surface area contributed by atoms with Crippen molar-refractivity contribution >= 4 is 0 Å². The van der Waals surface area contributed by atoms with Crippen molar-refractivity contribution in [3.63, 3.8) is 0 Å². The summed E-state index contributed by atoms with van der Waals surface area (Å²) in [6, 6.07) is 0.445. The van der Waals surface area contributed by atoms with E-state index in [1.807, 2.05) is 25.2 Å². The molecule has 0 radical (unpaired) electrons. The summed E-state index contributed by atoms with van der Waals surface area (Å²) in [5.74, 6) is 0.832. The summed E-state index contributed by atoms with van der Waals surface area (Å²) >= 11 is 0. The van der Waals surface area contributed by atoms with Gasteiger partial charge in [-0.25, -0.2) is 0 Å². The van der Waals surface area contributed by atoms with Gasteiger partial charge in [0.25, 0.3) is 0 Å². The first kappa shape index (κ1) is 10.1. The fraction of sp³-hybridized carbons (Fsp3) is 0.750. The summed E-state index contributed by atoms with van der Waals surface area (Å²) in [4.78, 5) is 1.91. The molecule has 0 amide bonds. The Labute approximate surface area is 69.0 Å². The molecule has 0 saturated heterocycles. The van der Waals surface area contributed by atoms with Gasteiger partial charge in [-0.2, -0.15) is 0 Å². The monoisotopic (exact) mass is 158 g/mol. The molecule has 0 heterocycles. The van der Waals surface area contributed by atoms with Gasteiger partial charge in [0.15, 0.2) is 0 Å². The molecule has 66 valence electrons. The fourth-order valence-electron chi connectivity index (χ4n) is 0.609. The van der Waals surface area contributed by atoms with E-state index in [9.17, 15) is 0 Å². The Morgan fingerprint density at radius 2 is 2.00 bits per heavy atom. The lowest BCUT2D eigenvalue weighted by Crippen LogP contribution is -2.21. The zero-order chi connectivity index (χ0) is 8.85. The highest BCUT2D eigenvalue weighted by molar-refractivity contribution is 4.88. The highest BCUT2D eigenvalue weighted by Crippen LogP contribution is 1.96. The second-order valence-electron chi connectivity index (χ2n) is 2.90. The van der Waals surface area contributed by atoms with Gasteiger partial charge < -0.3 is 15.0 Å². The third-order valence-corrected chi connectivity index (χ3v) is 1.19. The van der Waals surface area contributed by atoms with Crippen molar-refractivity contribution in [2.75, 3.05) is 21.2 Å². The van der Waals surface area contributed by atoms with Gasteiger partial charge in [0.05, 0.1) is 13.3 Å². The van der Waals surface area contributed by atoms with E-state index in [1.54, 1.807) is 7.11 Å². The van der Waals surface area contributed by atoms with Crippen LogP contribution in [0, 0.1) is 0 Å². The second kappa shape index (κ2) is 4.88. The second-order valence-corrected chi connectivity index (χ2v) is 2.90. The van der Waals surface area contributed by atoms with Gasteiger partial charge in [-0.3, -0.25) is 0 Å². The maximum Gasteiger partial charge on any atom is 0.204 e. The molecule has 0 aromatic carbocycles. The van der Waals surface area contributed by atoms with E-state index in [0.717, 1.165) is 5.88 Å². The molecule has 0 aliphatic carbocycles. The summed E-state index contributed by atoms with van der Waals surface area (Å²) in [5, 5.41) is 3.15. The smallest absolute Gasteiger partial charge is 0.204 e. The van der Waals surface area contributed by atoms with Crippen molar-refractivity contribution in [2.24, 2.45) is 0 Å². The normalized spacial score (nSPS) is 11.6. The maximum absolute atomic E-state index is 5.09. The Morgan fingerprint density at radius 3 is 2.27 bits per heavy atom. The zero-order valence-electron chi connectivity index (χ0n) is 8.01. The van der Waals surface area contributed by atoms with E-state index < -0.39 is 0 Å². The minimum absolute atomic E-state index is 0.445. The zero-order valence-corrected chi connectivity index (χ0v) is 8.01. The average molecular weight is 158 g/mol. The van der Waals surface area contributed by atoms with Crippen LogP contribution < -0.4 is 5.32 Å². The Hall–Kier alpha value is -0.860. The molecular formula is C8H18N2O. The summed E-state index contributed by atoms with van der Waals surface area (Å²) < 4.78 is 5.09. The van der Waals surface area contributed by atoms with Crippen molar-refractivity contribution in [2.45, 2.75) is 19.9 Å². The molecule has 0 rings (SSSR count). The molecule has 0 atom stereocenters. The number of methoxy groups -OCH3 is 1. The summed E-state index contributed by atoms with van der Waals surface area (Å²) in [7, 11) is 5.54. The molecule has 0 bridgehead atoms. The van der Waals surface area contributed by atoms with E-state index in [0.29, 0.717) is 6.04 Å². The number of rotatable bonds is 4. The van der Waals surface area contributed by atoms with Gasteiger partial charge in [0.1, 0.15) is 0 Å². The number of hydrogen-bond donors (Lipinski definition) is 1. The predicted molar refractivity (Wildman–Crippen MR) is 47.1 cm³/mol. The van der Waals surface area contributed by atoms with Gasteiger partial charge in [0, 0.05) is 20.1 Å². The molecule has 3 nitrogen and oxygen atoms in total.